The average molecular weight is 250 g/mol. The van der Waals surface area contributed by atoms with Crippen LogP contribution in [-0.4, -0.2) is 24.8 Å². The van der Waals surface area contributed by atoms with Crippen LogP contribution in [-0.2, 0) is 9.53 Å². The molecule has 0 aromatic heterocycles. The molecule has 0 amide bonds. The van der Waals surface area contributed by atoms with Crippen molar-refractivity contribution in [2.75, 3.05) is 13.7 Å². The summed E-state index contributed by atoms with van der Waals surface area (Å²) < 4.78 is 10.00. The van der Waals surface area contributed by atoms with E-state index >= 15 is 0 Å². The van der Waals surface area contributed by atoms with Gasteiger partial charge in [0, 0.05) is 11.6 Å². The molecule has 0 heterocycles. The van der Waals surface area contributed by atoms with Crippen LogP contribution in [0.5, 0.6) is 11.5 Å². The van der Waals surface area contributed by atoms with E-state index in [1.165, 1.54) is 18.2 Å². The van der Waals surface area contributed by atoms with E-state index in [4.69, 9.17) is 9.47 Å². The molecule has 0 fully saturated rings. The molecule has 0 bridgehead atoms. The first-order valence-electron chi connectivity index (χ1n) is 5.89. The lowest BCUT2D eigenvalue weighted by Gasteiger charge is -2.03. The lowest BCUT2D eigenvalue weighted by Crippen LogP contribution is -2.01. The van der Waals surface area contributed by atoms with Crippen molar-refractivity contribution < 1.29 is 19.4 Å². The molecule has 1 aromatic rings. The van der Waals surface area contributed by atoms with E-state index in [-0.39, 0.29) is 5.75 Å². The third-order valence-corrected chi connectivity index (χ3v) is 2.38. The van der Waals surface area contributed by atoms with Gasteiger partial charge in [0.05, 0.1) is 13.7 Å². The molecule has 0 unspecified atom stereocenters. The van der Waals surface area contributed by atoms with Gasteiger partial charge in [-0.1, -0.05) is 13.3 Å². The first kappa shape index (κ1) is 14.1. The molecule has 4 heteroatoms. The lowest BCUT2D eigenvalue weighted by molar-refractivity contribution is -0.137. The molecule has 0 atom stereocenters. The third kappa shape index (κ3) is 4.49. The highest BCUT2D eigenvalue weighted by molar-refractivity contribution is 5.87. The van der Waals surface area contributed by atoms with Crippen molar-refractivity contribution in [1.82, 2.24) is 0 Å². The fourth-order valence-electron chi connectivity index (χ4n) is 1.32. The van der Waals surface area contributed by atoms with Crippen LogP contribution in [0.25, 0.3) is 6.08 Å². The summed E-state index contributed by atoms with van der Waals surface area (Å²) in [4.78, 5) is 11.3. The number of methoxy groups -OCH3 is 1. The number of hydrogen-bond acceptors (Lipinski definition) is 4. The Morgan fingerprint density at radius 1 is 1.44 bits per heavy atom. The number of phenolic OH excluding ortho intramolecular Hbond substituents is 1. The van der Waals surface area contributed by atoms with E-state index in [0.717, 1.165) is 12.8 Å². The van der Waals surface area contributed by atoms with E-state index < -0.39 is 5.97 Å². The van der Waals surface area contributed by atoms with Crippen LogP contribution in [0.4, 0.5) is 0 Å². The zero-order valence-corrected chi connectivity index (χ0v) is 10.7. The smallest absolute Gasteiger partial charge is 0.330 e. The van der Waals surface area contributed by atoms with Crippen LogP contribution < -0.4 is 4.74 Å². The molecule has 98 valence electrons. The van der Waals surface area contributed by atoms with Gasteiger partial charge in [0.1, 0.15) is 11.5 Å². The monoisotopic (exact) mass is 250 g/mol. The van der Waals surface area contributed by atoms with E-state index in [9.17, 15) is 9.90 Å². The van der Waals surface area contributed by atoms with Crippen molar-refractivity contribution in [1.29, 1.82) is 0 Å². The summed E-state index contributed by atoms with van der Waals surface area (Å²) in [7, 11) is 1.54. The van der Waals surface area contributed by atoms with E-state index in [1.807, 2.05) is 6.92 Å². The number of unbranched alkanes of at least 4 members (excludes halogenated alkanes) is 1. The molecular weight excluding hydrogens is 232 g/mol. The van der Waals surface area contributed by atoms with Gasteiger partial charge in [0.15, 0.2) is 0 Å². The highest BCUT2D eigenvalue weighted by atomic mass is 16.5. The number of hydrogen-bond donors (Lipinski definition) is 1. The molecular formula is C14H18O4. The second kappa shape index (κ2) is 7.37. The van der Waals surface area contributed by atoms with Gasteiger partial charge in [-0.05, 0) is 30.7 Å². The Morgan fingerprint density at radius 3 is 2.89 bits per heavy atom. The predicted molar refractivity (Wildman–Crippen MR) is 69.6 cm³/mol. The minimum Gasteiger partial charge on any atom is -0.507 e. The SMILES string of the molecule is CCCCOC(=O)C=Cc1cc(OC)ccc1O. The van der Waals surface area contributed by atoms with Gasteiger partial charge in [0.25, 0.3) is 0 Å². The number of carbonyl (C=O) groups is 1. The van der Waals surface area contributed by atoms with Crippen LogP contribution in [0.15, 0.2) is 24.3 Å². The Hall–Kier alpha value is -1.97. The normalized spacial score (nSPS) is 10.6. The van der Waals surface area contributed by atoms with Crippen LogP contribution in [0.1, 0.15) is 25.3 Å². The van der Waals surface area contributed by atoms with Gasteiger partial charge in [-0.25, -0.2) is 4.79 Å². The van der Waals surface area contributed by atoms with Crippen molar-refractivity contribution in [3.05, 3.63) is 29.8 Å². The number of ether oxygens (including phenoxy) is 2. The summed E-state index contributed by atoms with van der Waals surface area (Å²) in [6.45, 7) is 2.45. The van der Waals surface area contributed by atoms with Gasteiger partial charge in [-0.15, -0.1) is 0 Å². The maximum absolute atomic E-state index is 11.3. The molecule has 1 rings (SSSR count). The topological polar surface area (TPSA) is 55.8 Å². The maximum atomic E-state index is 11.3. The van der Waals surface area contributed by atoms with Crippen molar-refractivity contribution in [2.45, 2.75) is 19.8 Å². The average Bonchev–Trinajstić information content (AvgIpc) is 2.38. The van der Waals surface area contributed by atoms with Crippen LogP contribution >= 0.6 is 0 Å². The molecule has 0 aliphatic rings. The molecule has 0 aliphatic heterocycles. The third-order valence-electron chi connectivity index (χ3n) is 2.38. The fraction of sp³-hybridized carbons (Fsp3) is 0.357. The Kier molecular flexibility index (Phi) is 5.77. The minimum absolute atomic E-state index is 0.0911. The maximum Gasteiger partial charge on any atom is 0.330 e. The van der Waals surface area contributed by atoms with Crippen molar-refractivity contribution in [3.63, 3.8) is 0 Å². The molecule has 18 heavy (non-hydrogen) atoms. The summed E-state index contributed by atoms with van der Waals surface area (Å²) in [6, 6.07) is 4.80. The number of aromatic hydroxyl groups is 1. The van der Waals surface area contributed by atoms with Gasteiger partial charge >= 0.3 is 5.97 Å². The molecule has 1 aromatic carbocycles. The summed E-state index contributed by atoms with van der Waals surface area (Å²) in [5.74, 6) is 0.297. The summed E-state index contributed by atoms with van der Waals surface area (Å²) in [6.07, 6.45) is 4.63. The molecule has 1 N–H and O–H groups in total. The largest absolute Gasteiger partial charge is 0.507 e. The van der Waals surface area contributed by atoms with Gasteiger partial charge in [-0.2, -0.15) is 0 Å². The standard InChI is InChI=1S/C14H18O4/c1-3-4-9-18-14(16)8-5-11-10-12(17-2)6-7-13(11)15/h5-8,10,15H,3-4,9H2,1-2H3. The molecule has 0 radical (unpaired) electrons. The van der Waals surface area contributed by atoms with Crippen molar-refractivity contribution in [3.8, 4) is 11.5 Å². The number of benzene rings is 1. The Labute approximate surface area is 107 Å². The van der Waals surface area contributed by atoms with Crippen LogP contribution in [0, 0.1) is 0 Å². The van der Waals surface area contributed by atoms with Crippen molar-refractivity contribution >= 4 is 12.0 Å². The first-order chi connectivity index (χ1) is 8.67. The number of rotatable bonds is 6. The number of phenols is 1. The van der Waals surface area contributed by atoms with E-state index in [0.29, 0.717) is 17.9 Å². The highest BCUT2D eigenvalue weighted by Crippen LogP contribution is 2.23. The van der Waals surface area contributed by atoms with E-state index in [2.05, 4.69) is 0 Å². The zero-order valence-electron chi connectivity index (χ0n) is 10.7. The van der Waals surface area contributed by atoms with Crippen LogP contribution in [0.2, 0.25) is 0 Å². The van der Waals surface area contributed by atoms with Gasteiger partial charge in [0.2, 0.25) is 0 Å². The van der Waals surface area contributed by atoms with Crippen LogP contribution in [0.3, 0.4) is 0 Å². The minimum atomic E-state index is -0.411. The fourth-order valence-corrected chi connectivity index (χ4v) is 1.32. The second-order valence-corrected chi connectivity index (χ2v) is 3.78. The first-order valence-corrected chi connectivity index (χ1v) is 5.89. The molecule has 4 nitrogen and oxygen atoms in total. The number of esters is 1. The predicted octanol–water partition coefficient (Wildman–Crippen LogP) is 2.76. The second-order valence-electron chi connectivity index (χ2n) is 3.78. The summed E-state index contributed by atoms with van der Waals surface area (Å²) in [5, 5.41) is 9.60. The number of carbonyl (C=O) groups excluding carboxylic acids is 1. The summed E-state index contributed by atoms with van der Waals surface area (Å²) in [5.41, 5.74) is 0.516. The summed E-state index contributed by atoms with van der Waals surface area (Å²) >= 11 is 0. The van der Waals surface area contributed by atoms with Gasteiger partial charge < -0.3 is 14.6 Å². The molecule has 0 saturated heterocycles. The molecule has 0 aliphatic carbocycles. The molecule has 0 saturated carbocycles. The Bertz CT molecular complexity index is 424. The molecule has 0 spiro atoms. The van der Waals surface area contributed by atoms with Gasteiger partial charge in [-0.3, -0.25) is 0 Å². The van der Waals surface area contributed by atoms with Crippen molar-refractivity contribution in [2.24, 2.45) is 0 Å². The Balaban J connectivity index is 2.62. The highest BCUT2D eigenvalue weighted by Gasteiger charge is 2.01. The lowest BCUT2D eigenvalue weighted by atomic mass is 10.2. The Morgan fingerprint density at radius 2 is 2.22 bits per heavy atom. The van der Waals surface area contributed by atoms with E-state index in [1.54, 1.807) is 19.2 Å². The zero-order chi connectivity index (χ0) is 13.4. The quantitative estimate of drug-likeness (QED) is 0.479.